The Kier molecular flexibility index (Phi) is 2.52. The predicted octanol–water partition coefficient (Wildman–Crippen LogP) is 1.04. The van der Waals surface area contributed by atoms with Crippen LogP contribution in [0, 0.1) is 13.8 Å². The van der Waals surface area contributed by atoms with Gasteiger partial charge in [-0.2, -0.15) is 0 Å². The van der Waals surface area contributed by atoms with Crippen LogP contribution < -0.4 is 5.32 Å². The lowest BCUT2D eigenvalue weighted by atomic mass is 10.1. The fraction of sp³-hybridized carbons (Fsp3) is 0.545. The van der Waals surface area contributed by atoms with Crippen LogP contribution in [0.25, 0.3) is 0 Å². The van der Waals surface area contributed by atoms with Crippen molar-refractivity contribution in [2.24, 2.45) is 0 Å². The molecule has 0 radical (unpaired) electrons. The summed E-state index contributed by atoms with van der Waals surface area (Å²) in [5.41, 5.74) is 2.81. The Hall–Kier alpha value is -1.29. The molecule has 2 rings (SSSR count). The van der Waals surface area contributed by atoms with E-state index in [0.717, 1.165) is 24.5 Å². The second kappa shape index (κ2) is 3.70. The van der Waals surface area contributed by atoms with E-state index in [1.807, 2.05) is 19.9 Å². The molecule has 4 nitrogen and oxygen atoms in total. The predicted molar refractivity (Wildman–Crippen MR) is 57.2 cm³/mol. The van der Waals surface area contributed by atoms with Crippen LogP contribution in [0.15, 0.2) is 6.07 Å². The average Bonchev–Trinajstić information content (AvgIpc) is 2.42. The van der Waals surface area contributed by atoms with Gasteiger partial charge in [0.25, 0.3) is 0 Å². The molecule has 1 aliphatic rings. The van der Waals surface area contributed by atoms with Gasteiger partial charge in [0.15, 0.2) is 0 Å². The van der Waals surface area contributed by atoms with Crippen molar-refractivity contribution < 1.29 is 9.53 Å². The van der Waals surface area contributed by atoms with Crippen molar-refractivity contribution in [2.75, 3.05) is 20.2 Å². The van der Waals surface area contributed by atoms with Crippen LogP contribution in [0.1, 0.15) is 27.8 Å². The van der Waals surface area contributed by atoms with E-state index in [4.69, 9.17) is 4.74 Å². The Labute approximate surface area is 89.2 Å². The molecular weight excluding hydrogens is 192 g/mol. The third kappa shape index (κ3) is 1.55. The molecule has 0 bridgehead atoms. The summed E-state index contributed by atoms with van der Waals surface area (Å²) >= 11 is 0. The second-order valence-corrected chi connectivity index (χ2v) is 3.96. The number of carbonyl (C=O) groups excluding carboxylic acids is 1. The molecule has 0 aromatic carbocycles. The highest BCUT2D eigenvalue weighted by atomic mass is 16.5. The fourth-order valence-corrected chi connectivity index (χ4v) is 2.11. The molecule has 0 aliphatic carbocycles. The third-order valence-corrected chi connectivity index (χ3v) is 3.01. The first-order valence-electron chi connectivity index (χ1n) is 5.12. The maximum absolute atomic E-state index is 11.5. The summed E-state index contributed by atoms with van der Waals surface area (Å²) in [6, 6.07) is 2.39. The van der Waals surface area contributed by atoms with E-state index in [1.54, 1.807) is 0 Å². The summed E-state index contributed by atoms with van der Waals surface area (Å²) in [5, 5.41) is 3.23. The minimum atomic E-state index is -0.248. The Morgan fingerprint density at radius 2 is 2.20 bits per heavy atom. The summed E-state index contributed by atoms with van der Waals surface area (Å²) in [5.74, 6) is -0.248. The van der Waals surface area contributed by atoms with Crippen molar-refractivity contribution in [3.8, 4) is 0 Å². The van der Waals surface area contributed by atoms with Crippen molar-refractivity contribution in [1.29, 1.82) is 0 Å². The average molecular weight is 208 g/mol. The number of hydrogen-bond donors (Lipinski definition) is 1. The lowest BCUT2D eigenvalue weighted by molar-refractivity contribution is 0.0599. The zero-order valence-corrected chi connectivity index (χ0v) is 9.33. The van der Waals surface area contributed by atoms with Gasteiger partial charge in [-0.15, -0.1) is 0 Å². The van der Waals surface area contributed by atoms with Gasteiger partial charge in [0.2, 0.25) is 0 Å². The molecular formula is C11H16N2O2. The number of nitrogens with one attached hydrogen (secondary N) is 1. The molecule has 1 fully saturated rings. The second-order valence-electron chi connectivity index (χ2n) is 3.96. The van der Waals surface area contributed by atoms with Crippen LogP contribution >= 0.6 is 0 Å². The standard InChI is InChI=1S/C11H16N2O2/c1-7-4-10(11(14)15-3)8(2)13(7)9-5-12-6-9/h4,9,12H,5-6H2,1-3H3. The molecule has 0 spiro atoms. The highest BCUT2D eigenvalue weighted by Gasteiger charge is 2.24. The van der Waals surface area contributed by atoms with Crippen molar-refractivity contribution >= 4 is 5.97 Å². The smallest absolute Gasteiger partial charge is 0.339 e. The van der Waals surface area contributed by atoms with E-state index in [-0.39, 0.29) is 5.97 Å². The van der Waals surface area contributed by atoms with Crippen molar-refractivity contribution in [3.63, 3.8) is 0 Å². The van der Waals surface area contributed by atoms with E-state index in [9.17, 15) is 4.79 Å². The molecule has 1 saturated heterocycles. The lowest BCUT2D eigenvalue weighted by Crippen LogP contribution is -2.44. The molecule has 15 heavy (non-hydrogen) atoms. The van der Waals surface area contributed by atoms with Crippen LogP contribution in [0.2, 0.25) is 0 Å². The van der Waals surface area contributed by atoms with Gasteiger partial charge in [-0.25, -0.2) is 4.79 Å². The molecule has 1 aromatic rings. The molecule has 0 amide bonds. The summed E-state index contributed by atoms with van der Waals surface area (Å²) < 4.78 is 6.96. The van der Waals surface area contributed by atoms with Crippen molar-refractivity contribution in [2.45, 2.75) is 19.9 Å². The summed E-state index contributed by atoms with van der Waals surface area (Å²) in [7, 11) is 1.42. The van der Waals surface area contributed by atoms with E-state index in [2.05, 4.69) is 9.88 Å². The van der Waals surface area contributed by atoms with Gasteiger partial charge < -0.3 is 14.6 Å². The van der Waals surface area contributed by atoms with Crippen LogP contribution in [0.3, 0.4) is 0 Å². The number of hydrogen-bond acceptors (Lipinski definition) is 3. The Bertz CT molecular complexity index is 392. The van der Waals surface area contributed by atoms with Gasteiger partial charge >= 0.3 is 5.97 Å². The zero-order valence-electron chi connectivity index (χ0n) is 9.33. The number of rotatable bonds is 2. The normalized spacial score (nSPS) is 16.2. The number of aromatic nitrogens is 1. The highest BCUT2D eigenvalue weighted by Crippen LogP contribution is 2.23. The zero-order chi connectivity index (χ0) is 11.0. The highest BCUT2D eigenvalue weighted by molar-refractivity contribution is 5.91. The molecule has 0 atom stereocenters. The number of aryl methyl sites for hydroxylation is 1. The SMILES string of the molecule is COC(=O)c1cc(C)n(C2CNC2)c1C. The Balaban J connectivity index is 2.38. The van der Waals surface area contributed by atoms with Crippen molar-refractivity contribution in [1.82, 2.24) is 9.88 Å². The molecule has 2 heterocycles. The van der Waals surface area contributed by atoms with Crippen LogP contribution in [-0.4, -0.2) is 30.7 Å². The summed E-state index contributed by atoms with van der Waals surface area (Å²) in [4.78, 5) is 11.5. The number of ether oxygens (including phenoxy) is 1. The van der Waals surface area contributed by atoms with E-state index < -0.39 is 0 Å². The fourth-order valence-electron chi connectivity index (χ4n) is 2.11. The Morgan fingerprint density at radius 1 is 1.53 bits per heavy atom. The Morgan fingerprint density at radius 3 is 2.67 bits per heavy atom. The minimum absolute atomic E-state index is 0.248. The van der Waals surface area contributed by atoms with E-state index >= 15 is 0 Å². The van der Waals surface area contributed by atoms with Gasteiger partial charge in [0.1, 0.15) is 0 Å². The monoisotopic (exact) mass is 208 g/mol. The number of methoxy groups -OCH3 is 1. The maximum Gasteiger partial charge on any atom is 0.339 e. The number of carbonyl (C=O) groups is 1. The van der Waals surface area contributed by atoms with Crippen molar-refractivity contribution in [3.05, 3.63) is 23.0 Å². The minimum Gasteiger partial charge on any atom is -0.465 e. The topological polar surface area (TPSA) is 43.3 Å². The summed E-state index contributed by atoms with van der Waals surface area (Å²) in [6.07, 6.45) is 0. The maximum atomic E-state index is 11.5. The molecule has 0 saturated carbocycles. The molecule has 1 N–H and O–H groups in total. The van der Waals surface area contributed by atoms with Gasteiger partial charge in [0.05, 0.1) is 18.7 Å². The molecule has 82 valence electrons. The van der Waals surface area contributed by atoms with Crippen LogP contribution in [0.5, 0.6) is 0 Å². The lowest BCUT2D eigenvalue weighted by Gasteiger charge is -2.31. The van der Waals surface area contributed by atoms with Gasteiger partial charge in [-0.3, -0.25) is 0 Å². The quantitative estimate of drug-likeness (QED) is 0.738. The van der Waals surface area contributed by atoms with Gasteiger partial charge in [-0.1, -0.05) is 0 Å². The first-order chi connectivity index (χ1) is 7.15. The number of esters is 1. The largest absolute Gasteiger partial charge is 0.465 e. The van der Waals surface area contributed by atoms with Gasteiger partial charge in [-0.05, 0) is 19.9 Å². The molecule has 4 heteroatoms. The van der Waals surface area contributed by atoms with Gasteiger partial charge in [0, 0.05) is 24.5 Å². The van der Waals surface area contributed by atoms with E-state index in [0.29, 0.717) is 11.6 Å². The third-order valence-electron chi connectivity index (χ3n) is 3.01. The first kappa shape index (κ1) is 10.2. The molecule has 1 aliphatic heterocycles. The van der Waals surface area contributed by atoms with E-state index in [1.165, 1.54) is 7.11 Å². The molecule has 0 unspecified atom stereocenters. The molecule has 1 aromatic heterocycles. The number of nitrogens with zero attached hydrogens (tertiary/aromatic N) is 1. The summed E-state index contributed by atoms with van der Waals surface area (Å²) in [6.45, 7) is 5.96. The first-order valence-corrected chi connectivity index (χ1v) is 5.12. The van der Waals surface area contributed by atoms with Crippen LogP contribution in [0.4, 0.5) is 0 Å². The van der Waals surface area contributed by atoms with Crippen LogP contribution in [-0.2, 0) is 4.74 Å².